The van der Waals surface area contributed by atoms with Crippen LogP contribution in [-0.4, -0.2) is 32.8 Å². The largest absolute Gasteiger partial charge is 0.500 e. The molecule has 5 aromatic carbocycles. The number of benzene rings is 5. The average Bonchev–Trinajstić information content (AvgIpc) is 3.82. The summed E-state index contributed by atoms with van der Waals surface area (Å²) in [6.07, 6.45) is 3.27. The van der Waals surface area contributed by atoms with Gasteiger partial charge in [0.15, 0.2) is 0 Å². The summed E-state index contributed by atoms with van der Waals surface area (Å²) in [5.41, 5.74) is 16.3. The number of nitrogens with zero attached hydrogens (tertiary/aromatic N) is 4. The number of aromatic nitrogens is 4. The fourth-order valence-electron chi connectivity index (χ4n) is 8.78. The van der Waals surface area contributed by atoms with E-state index in [0.717, 1.165) is 73.4 Å². The van der Waals surface area contributed by atoms with E-state index in [9.17, 15) is 0 Å². The second kappa shape index (κ2) is 18.9. The van der Waals surface area contributed by atoms with Crippen LogP contribution in [0.3, 0.4) is 0 Å². The third kappa shape index (κ3) is 9.41. The van der Waals surface area contributed by atoms with Crippen LogP contribution in [0.5, 0.6) is 0 Å². The van der Waals surface area contributed by atoms with E-state index in [2.05, 4.69) is 167 Å². The van der Waals surface area contributed by atoms with Crippen LogP contribution in [0.25, 0.3) is 72.4 Å². The number of fused-ring (bicyclic) bond motifs is 4. The third-order valence-electron chi connectivity index (χ3n) is 11.7. The van der Waals surface area contributed by atoms with Gasteiger partial charge in [-0.2, -0.15) is 0 Å². The van der Waals surface area contributed by atoms with Crippen LogP contribution in [0, 0.1) is 31.9 Å². The molecule has 0 saturated carbocycles. The molecule has 0 unspecified atom stereocenters. The van der Waals surface area contributed by atoms with Gasteiger partial charge in [-0.15, -0.1) is 18.2 Å². The fourth-order valence-corrected chi connectivity index (χ4v) is 12.1. The van der Waals surface area contributed by atoms with Crippen LogP contribution < -0.4 is 4.40 Å². The third-order valence-corrected chi connectivity index (χ3v) is 16.0. The molecule has 0 bridgehead atoms. The normalized spacial score (nSPS) is 11.8. The van der Waals surface area contributed by atoms with E-state index < -0.39 is 13.3 Å². The Morgan fingerprint density at radius 3 is 2.05 bits per heavy atom. The number of aryl methyl sites for hydroxylation is 2. The molecule has 0 aliphatic rings. The minimum absolute atomic E-state index is 0. The van der Waals surface area contributed by atoms with Crippen molar-refractivity contribution in [2.24, 2.45) is 5.92 Å². The van der Waals surface area contributed by atoms with Crippen LogP contribution in [0.1, 0.15) is 81.5 Å². The molecule has 4 aromatic heterocycles. The molecule has 0 amide bonds. The number of pyridine rings is 2. The zero-order chi connectivity index (χ0) is 43.9. The maximum atomic E-state index is 6.59. The molecule has 0 saturated heterocycles. The summed E-state index contributed by atoms with van der Waals surface area (Å²) in [6.45, 7) is 17.7. The number of hydrogen-bond acceptors (Lipinski definition) is 4. The molecule has 323 valence electrons. The Hall–Kier alpha value is -5.14. The van der Waals surface area contributed by atoms with Crippen molar-refractivity contribution < 1.29 is 24.5 Å². The maximum Gasteiger partial charge on any atom is 0.124 e. The smallest absolute Gasteiger partial charge is 0.124 e. The van der Waals surface area contributed by atoms with Gasteiger partial charge in [0.2, 0.25) is 0 Å². The van der Waals surface area contributed by atoms with Crippen molar-refractivity contribution in [3.8, 4) is 39.5 Å². The molecule has 0 spiro atoms. The molecule has 4 heterocycles. The van der Waals surface area contributed by atoms with Crippen molar-refractivity contribution in [3.05, 3.63) is 162 Å². The van der Waals surface area contributed by atoms with Crippen LogP contribution >= 0.6 is 0 Å². The minimum atomic E-state index is -1.86. The summed E-state index contributed by atoms with van der Waals surface area (Å²) in [5.74, 6) is 9.41. The molecule has 63 heavy (non-hydrogen) atoms. The second-order valence-electron chi connectivity index (χ2n) is 18.7. The van der Waals surface area contributed by atoms with Crippen LogP contribution in [0.4, 0.5) is 0 Å². The van der Waals surface area contributed by atoms with Gasteiger partial charge in [-0.3, -0.25) is 9.97 Å². The van der Waals surface area contributed by atoms with Gasteiger partial charge in [-0.1, -0.05) is 81.1 Å². The van der Waals surface area contributed by atoms with Gasteiger partial charge in [0.25, 0.3) is 0 Å². The molecular formula is C56H58GeIrN4O-2. The predicted molar refractivity (Wildman–Crippen MR) is 264 cm³/mol. The molecular weight excluding hydrogens is 1010 g/mol. The van der Waals surface area contributed by atoms with Crippen LogP contribution in [0.2, 0.25) is 17.3 Å². The van der Waals surface area contributed by atoms with Crippen molar-refractivity contribution in [2.75, 3.05) is 0 Å². The summed E-state index contributed by atoms with van der Waals surface area (Å²) in [6, 6.07) is 47.1. The van der Waals surface area contributed by atoms with Gasteiger partial charge in [-0.25, -0.2) is 0 Å². The molecule has 5 nitrogen and oxygen atoms in total. The standard InChI is InChI=1S/C38H34N3O.C18H24GeN.Ir/c1-22(2)30-20-27(26-13-8-7-9-14-26)21-31(23(3)4)36(30)41-33-18-11-10-17-32(33)40-38(41)29-16-12-15-28-35-25(6)39-24(5)19-34(35)42-37(28)29;1-14(2)11-16-12-18(15-9-7-6-8-10-15)20-13-17(16)19(3,4)5;/h7-15,17-23H,1-6H3;6-9,12-14H,11H2,1-5H3;/q2*-1;. The summed E-state index contributed by atoms with van der Waals surface area (Å²) in [4.78, 5) is 14.7. The molecule has 0 atom stereocenters. The van der Waals surface area contributed by atoms with Gasteiger partial charge in [-0.05, 0) is 72.2 Å². The zero-order valence-electron chi connectivity index (χ0n) is 38.5. The molecule has 9 aromatic rings. The molecule has 7 heteroatoms. The second-order valence-corrected chi connectivity index (χ2v) is 29.3. The zero-order valence-corrected chi connectivity index (χ0v) is 43.0. The number of para-hydroxylation sites is 2. The number of rotatable bonds is 9. The van der Waals surface area contributed by atoms with E-state index in [1.165, 1.54) is 33.5 Å². The van der Waals surface area contributed by atoms with Gasteiger partial charge < -0.3 is 8.98 Å². The van der Waals surface area contributed by atoms with E-state index in [-0.39, 0.29) is 31.9 Å². The number of hydrogen-bond donors (Lipinski definition) is 0. The Bertz CT molecular complexity index is 3000. The van der Waals surface area contributed by atoms with Gasteiger partial charge in [0.05, 0.1) is 22.4 Å². The summed E-state index contributed by atoms with van der Waals surface area (Å²) >= 11 is -1.86. The maximum absolute atomic E-state index is 6.59. The van der Waals surface area contributed by atoms with Gasteiger partial charge in [0.1, 0.15) is 5.58 Å². The van der Waals surface area contributed by atoms with Gasteiger partial charge >= 0.3 is 126 Å². The van der Waals surface area contributed by atoms with E-state index in [4.69, 9.17) is 19.4 Å². The van der Waals surface area contributed by atoms with Gasteiger partial charge in [0, 0.05) is 48.6 Å². The van der Waals surface area contributed by atoms with E-state index in [1.807, 2.05) is 44.2 Å². The Morgan fingerprint density at radius 1 is 0.714 bits per heavy atom. The van der Waals surface area contributed by atoms with Crippen molar-refractivity contribution in [3.63, 3.8) is 0 Å². The molecule has 0 fully saturated rings. The molecule has 0 aliphatic heterocycles. The van der Waals surface area contributed by atoms with Crippen molar-refractivity contribution >= 4 is 50.6 Å². The predicted octanol–water partition coefficient (Wildman–Crippen LogP) is 14.6. The van der Waals surface area contributed by atoms with E-state index in [0.29, 0.717) is 5.92 Å². The summed E-state index contributed by atoms with van der Waals surface area (Å²) in [7, 11) is 0. The van der Waals surface area contributed by atoms with E-state index >= 15 is 0 Å². The first kappa shape index (κ1) is 45.9. The van der Waals surface area contributed by atoms with Crippen molar-refractivity contribution in [2.45, 2.75) is 90.9 Å². The summed E-state index contributed by atoms with van der Waals surface area (Å²) < 4.78 is 10.5. The van der Waals surface area contributed by atoms with E-state index in [1.54, 1.807) is 4.40 Å². The molecule has 9 rings (SSSR count). The Labute approximate surface area is 390 Å². The Balaban J connectivity index is 0.000000239. The first-order valence-electron chi connectivity index (χ1n) is 22.1. The molecule has 0 N–H and O–H groups in total. The van der Waals surface area contributed by atoms with Crippen molar-refractivity contribution in [1.29, 1.82) is 0 Å². The quantitative estimate of drug-likeness (QED) is 0.107. The number of furan rings is 1. The van der Waals surface area contributed by atoms with Crippen LogP contribution in [0.15, 0.2) is 126 Å². The minimum Gasteiger partial charge on any atom is -0.500 e. The van der Waals surface area contributed by atoms with Crippen molar-refractivity contribution in [1.82, 2.24) is 19.5 Å². The Morgan fingerprint density at radius 2 is 1.40 bits per heavy atom. The first-order chi connectivity index (χ1) is 29.7. The summed E-state index contributed by atoms with van der Waals surface area (Å²) in [5, 5.41) is 2.08. The SMILES string of the molecule is CC(C)Cc1cc(-c2[c-]cccc2)nc[c]1[Ge]([CH3])([CH3])[CH3].Cc1cc2oc3c(-c4nc5ccccc5n4-c4c(C(C)C)cc(-c5ccccc5)cc4C(C)C)[c-]ccc3c2c(C)n1.[Ir]. The monoisotopic (exact) mass is 1070 g/mol. The molecule has 1 radical (unpaired) electrons. The topological polar surface area (TPSA) is 56.7 Å². The van der Waals surface area contributed by atoms with Crippen LogP contribution in [-0.2, 0) is 26.5 Å². The number of imidazole rings is 1. The first-order valence-corrected chi connectivity index (χ1v) is 29.4. The molecule has 0 aliphatic carbocycles. The average molecular weight is 1070 g/mol. The fraction of sp³-hybridized carbons (Fsp3) is 0.268. The Kier molecular flexibility index (Phi) is 13.8.